The summed E-state index contributed by atoms with van der Waals surface area (Å²) in [5.41, 5.74) is 2.38. The molecule has 24 heavy (non-hydrogen) atoms. The van der Waals surface area contributed by atoms with Gasteiger partial charge in [0.05, 0.1) is 5.56 Å². The fourth-order valence-electron chi connectivity index (χ4n) is 2.65. The number of nitrogens with zero attached hydrogens (tertiary/aromatic N) is 1. The first-order valence-corrected chi connectivity index (χ1v) is 8.03. The highest BCUT2D eigenvalue weighted by atomic mass is 16.5. The lowest BCUT2D eigenvalue weighted by Crippen LogP contribution is -2.23. The van der Waals surface area contributed by atoms with Crippen molar-refractivity contribution in [2.24, 2.45) is 0 Å². The Kier molecular flexibility index (Phi) is 5.06. The molecule has 0 aromatic heterocycles. The fourth-order valence-corrected chi connectivity index (χ4v) is 2.65. The minimum Gasteiger partial charge on any atom is -0.458 e. The number of amides is 1. The number of ether oxygens (including phenoxy) is 1. The van der Waals surface area contributed by atoms with Gasteiger partial charge in [0, 0.05) is 18.7 Å². The molecule has 1 aliphatic rings. The molecule has 1 heterocycles. The molecule has 0 atom stereocenters. The van der Waals surface area contributed by atoms with Crippen molar-refractivity contribution < 1.29 is 14.3 Å². The molecule has 0 aliphatic carbocycles. The summed E-state index contributed by atoms with van der Waals surface area (Å²) in [5, 5.41) is 0. The zero-order valence-electron chi connectivity index (χ0n) is 13.4. The Bertz CT molecular complexity index is 735. The molecule has 3 rings (SSSR count). The topological polar surface area (TPSA) is 46.6 Å². The Morgan fingerprint density at radius 2 is 1.83 bits per heavy atom. The minimum atomic E-state index is -0.369. The van der Waals surface area contributed by atoms with Crippen molar-refractivity contribution in [2.45, 2.75) is 12.8 Å². The van der Waals surface area contributed by atoms with Crippen LogP contribution in [0.5, 0.6) is 0 Å². The van der Waals surface area contributed by atoms with Crippen molar-refractivity contribution in [3.63, 3.8) is 0 Å². The molecule has 1 saturated heterocycles. The number of benzene rings is 2. The van der Waals surface area contributed by atoms with E-state index in [9.17, 15) is 9.59 Å². The Labute approximate surface area is 141 Å². The maximum Gasteiger partial charge on any atom is 0.338 e. The summed E-state index contributed by atoms with van der Waals surface area (Å²) in [6.45, 7) is 0.965. The van der Waals surface area contributed by atoms with E-state index in [1.807, 2.05) is 42.5 Å². The van der Waals surface area contributed by atoms with Crippen LogP contribution in [0, 0.1) is 0 Å². The van der Waals surface area contributed by atoms with E-state index in [1.165, 1.54) is 0 Å². The Hall–Kier alpha value is -2.88. The standard InChI is InChI=1S/C20H19NO3/c22-19-9-4-14-21(19)18-12-10-17(11-13-18)20(23)24-15-5-8-16-6-2-1-3-7-16/h1-3,5-8,10-13H,4,9,14-15H2/b8-5+. The predicted molar refractivity (Wildman–Crippen MR) is 93.8 cm³/mol. The van der Waals surface area contributed by atoms with Gasteiger partial charge in [-0.15, -0.1) is 0 Å². The number of hydrogen-bond donors (Lipinski definition) is 0. The van der Waals surface area contributed by atoms with Gasteiger partial charge in [-0.1, -0.05) is 36.4 Å². The number of rotatable bonds is 5. The SMILES string of the molecule is O=C(OC/C=C/c1ccccc1)c1ccc(N2CCCC2=O)cc1. The van der Waals surface area contributed by atoms with Gasteiger partial charge in [-0.05, 0) is 42.3 Å². The summed E-state index contributed by atoms with van der Waals surface area (Å²) in [4.78, 5) is 25.5. The van der Waals surface area contributed by atoms with Gasteiger partial charge < -0.3 is 9.64 Å². The summed E-state index contributed by atoms with van der Waals surface area (Å²) in [6.07, 6.45) is 5.20. The van der Waals surface area contributed by atoms with Crippen LogP contribution in [0.25, 0.3) is 6.08 Å². The molecule has 4 heteroatoms. The van der Waals surface area contributed by atoms with E-state index in [-0.39, 0.29) is 18.5 Å². The third kappa shape index (κ3) is 3.90. The van der Waals surface area contributed by atoms with Crippen LogP contribution in [-0.4, -0.2) is 25.0 Å². The molecule has 0 spiro atoms. The number of anilines is 1. The maximum atomic E-state index is 12.0. The Morgan fingerprint density at radius 1 is 1.08 bits per heavy atom. The quantitative estimate of drug-likeness (QED) is 0.789. The van der Waals surface area contributed by atoms with Crippen LogP contribution in [0.2, 0.25) is 0 Å². The van der Waals surface area contributed by atoms with E-state index >= 15 is 0 Å². The van der Waals surface area contributed by atoms with Crippen LogP contribution in [0.4, 0.5) is 5.69 Å². The van der Waals surface area contributed by atoms with Gasteiger partial charge >= 0.3 is 5.97 Å². The molecule has 4 nitrogen and oxygen atoms in total. The highest BCUT2D eigenvalue weighted by Crippen LogP contribution is 2.21. The molecular weight excluding hydrogens is 302 g/mol. The lowest BCUT2D eigenvalue weighted by molar-refractivity contribution is -0.117. The second-order valence-corrected chi connectivity index (χ2v) is 5.61. The summed E-state index contributed by atoms with van der Waals surface area (Å²) >= 11 is 0. The monoisotopic (exact) mass is 321 g/mol. The highest BCUT2D eigenvalue weighted by molar-refractivity contribution is 5.96. The average molecular weight is 321 g/mol. The van der Waals surface area contributed by atoms with Crippen molar-refractivity contribution in [1.82, 2.24) is 0 Å². The molecular formula is C20H19NO3. The first kappa shape index (κ1) is 16.0. The van der Waals surface area contributed by atoms with E-state index in [1.54, 1.807) is 29.2 Å². The maximum absolute atomic E-state index is 12.0. The van der Waals surface area contributed by atoms with Gasteiger partial charge in [-0.25, -0.2) is 4.79 Å². The summed E-state index contributed by atoms with van der Waals surface area (Å²) in [5.74, 6) is -0.233. The zero-order valence-corrected chi connectivity index (χ0v) is 13.4. The summed E-state index contributed by atoms with van der Waals surface area (Å²) in [7, 11) is 0. The van der Waals surface area contributed by atoms with E-state index in [2.05, 4.69) is 0 Å². The average Bonchev–Trinajstić information content (AvgIpc) is 3.05. The van der Waals surface area contributed by atoms with E-state index in [4.69, 9.17) is 4.74 Å². The molecule has 1 amide bonds. The van der Waals surface area contributed by atoms with Gasteiger partial charge in [0.25, 0.3) is 0 Å². The van der Waals surface area contributed by atoms with Gasteiger partial charge in [-0.2, -0.15) is 0 Å². The van der Waals surface area contributed by atoms with Crippen LogP contribution >= 0.6 is 0 Å². The van der Waals surface area contributed by atoms with Crippen molar-refractivity contribution in [3.05, 3.63) is 71.8 Å². The minimum absolute atomic E-state index is 0.136. The molecule has 0 saturated carbocycles. The number of carbonyl (C=O) groups is 2. The third-order valence-corrected chi connectivity index (χ3v) is 3.91. The van der Waals surface area contributed by atoms with Crippen molar-refractivity contribution in [3.8, 4) is 0 Å². The molecule has 1 aliphatic heterocycles. The second kappa shape index (κ2) is 7.59. The van der Waals surface area contributed by atoms with Crippen LogP contribution in [0.15, 0.2) is 60.7 Å². The molecule has 0 N–H and O–H groups in total. The van der Waals surface area contributed by atoms with Crippen LogP contribution in [0.3, 0.4) is 0 Å². The summed E-state index contributed by atoms with van der Waals surface area (Å²) < 4.78 is 5.23. The Balaban J connectivity index is 1.53. The van der Waals surface area contributed by atoms with Gasteiger partial charge in [0.1, 0.15) is 6.61 Å². The van der Waals surface area contributed by atoms with Crippen LogP contribution < -0.4 is 4.90 Å². The molecule has 2 aromatic rings. The molecule has 0 bridgehead atoms. The van der Waals surface area contributed by atoms with E-state index in [0.29, 0.717) is 12.0 Å². The number of hydrogen-bond acceptors (Lipinski definition) is 3. The van der Waals surface area contributed by atoms with Gasteiger partial charge in [-0.3, -0.25) is 4.79 Å². The van der Waals surface area contributed by atoms with Crippen molar-refractivity contribution >= 4 is 23.6 Å². The highest BCUT2D eigenvalue weighted by Gasteiger charge is 2.21. The first-order chi connectivity index (χ1) is 11.7. The fraction of sp³-hybridized carbons (Fsp3) is 0.200. The summed E-state index contributed by atoms with van der Waals surface area (Å²) in [6, 6.07) is 16.8. The number of esters is 1. The van der Waals surface area contributed by atoms with E-state index < -0.39 is 0 Å². The predicted octanol–water partition coefficient (Wildman–Crippen LogP) is 3.68. The molecule has 2 aromatic carbocycles. The van der Waals surface area contributed by atoms with Crippen molar-refractivity contribution in [1.29, 1.82) is 0 Å². The van der Waals surface area contributed by atoms with Gasteiger partial charge in [0.2, 0.25) is 5.91 Å². The second-order valence-electron chi connectivity index (χ2n) is 5.61. The lowest BCUT2D eigenvalue weighted by atomic mass is 10.2. The first-order valence-electron chi connectivity index (χ1n) is 8.03. The van der Waals surface area contributed by atoms with Crippen LogP contribution in [-0.2, 0) is 9.53 Å². The number of carbonyl (C=O) groups excluding carboxylic acids is 2. The molecule has 122 valence electrons. The Morgan fingerprint density at radius 3 is 2.50 bits per heavy atom. The molecule has 1 fully saturated rings. The van der Waals surface area contributed by atoms with Crippen molar-refractivity contribution in [2.75, 3.05) is 18.1 Å². The third-order valence-electron chi connectivity index (χ3n) is 3.91. The molecule has 0 unspecified atom stereocenters. The van der Waals surface area contributed by atoms with Gasteiger partial charge in [0.15, 0.2) is 0 Å². The molecule has 0 radical (unpaired) electrons. The zero-order chi connectivity index (χ0) is 16.8. The van der Waals surface area contributed by atoms with E-state index in [0.717, 1.165) is 24.2 Å². The largest absolute Gasteiger partial charge is 0.458 e. The smallest absolute Gasteiger partial charge is 0.338 e. The lowest BCUT2D eigenvalue weighted by Gasteiger charge is -2.15. The normalized spacial score (nSPS) is 14.3. The van der Waals surface area contributed by atoms with Crippen LogP contribution in [0.1, 0.15) is 28.8 Å².